The maximum atomic E-state index is 10.5. The van der Waals surface area contributed by atoms with Crippen LogP contribution in [-0.2, 0) is 0 Å². The molecule has 0 amide bonds. The summed E-state index contributed by atoms with van der Waals surface area (Å²) in [6, 6.07) is 3.75. The van der Waals surface area contributed by atoms with E-state index in [2.05, 4.69) is 10.3 Å². The Morgan fingerprint density at radius 2 is 2.20 bits per heavy atom. The first-order chi connectivity index (χ1) is 7.38. The van der Waals surface area contributed by atoms with Crippen LogP contribution in [0.25, 0.3) is 0 Å². The van der Waals surface area contributed by atoms with Crippen molar-refractivity contribution in [3.05, 3.63) is 23.9 Å². The first kappa shape index (κ1) is 10.6. The Balaban J connectivity index is 1.94. The van der Waals surface area contributed by atoms with Crippen LogP contribution in [0.15, 0.2) is 23.4 Å². The molecule has 1 aromatic rings. The maximum absolute atomic E-state index is 10.5. The number of aromatic nitrogens is 1. The van der Waals surface area contributed by atoms with Crippen LogP contribution in [-0.4, -0.2) is 29.6 Å². The van der Waals surface area contributed by atoms with Crippen LogP contribution in [0.2, 0.25) is 0 Å². The normalized spacial score (nSPS) is 17.6. The smallest absolute Gasteiger partial charge is 0.151 e. The summed E-state index contributed by atoms with van der Waals surface area (Å²) in [6.07, 6.45) is 4.85. The number of hydrogen-bond acceptors (Lipinski definition) is 4. The van der Waals surface area contributed by atoms with Crippen molar-refractivity contribution in [2.24, 2.45) is 0 Å². The fraction of sp³-hybridized carbons (Fsp3) is 0.455. The minimum Gasteiger partial charge on any atom is -0.317 e. The van der Waals surface area contributed by atoms with Gasteiger partial charge in [-0.3, -0.25) is 4.79 Å². The summed E-state index contributed by atoms with van der Waals surface area (Å²) < 4.78 is 0. The zero-order chi connectivity index (χ0) is 10.5. The highest BCUT2D eigenvalue weighted by molar-refractivity contribution is 7.99. The van der Waals surface area contributed by atoms with Crippen LogP contribution in [0.1, 0.15) is 23.2 Å². The Labute approximate surface area is 93.7 Å². The van der Waals surface area contributed by atoms with Gasteiger partial charge in [0.1, 0.15) is 0 Å². The SMILES string of the molecule is O=Cc1ccc(SC2CCNCC2)nc1. The monoisotopic (exact) mass is 222 g/mol. The number of hydrogen-bond donors (Lipinski definition) is 1. The Kier molecular flexibility index (Phi) is 3.75. The van der Waals surface area contributed by atoms with Crippen LogP contribution in [0.5, 0.6) is 0 Å². The van der Waals surface area contributed by atoms with Crippen LogP contribution >= 0.6 is 11.8 Å². The minimum atomic E-state index is 0.643. The fourth-order valence-corrected chi connectivity index (χ4v) is 2.69. The Morgan fingerprint density at radius 3 is 2.80 bits per heavy atom. The topological polar surface area (TPSA) is 42.0 Å². The van der Waals surface area contributed by atoms with E-state index in [0.717, 1.165) is 24.4 Å². The average Bonchev–Trinajstić information content (AvgIpc) is 2.31. The largest absolute Gasteiger partial charge is 0.317 e. The van der Waals surface area contributed by atoms with Crippen molar-refractivity contribution < 1.29 is 4.79 Å². The lowest BCUT2D eigenvalue weighted by atomic mass is 10.2. The second-order valence-corrected chi connectivity index (χ2v) is 4.94. The van der Waals surface area contributed by atoms with Gasteiger partial charge in [0.05, 0.1) is 5.03 Å². The van der Waals surface area contributed by atoms with E-state index in [9.17, 15) is 4.79 Å². The molecule has 0 radical (unpaired) electrons. The molecule has 4 heteroatoms. The molecule has 1 aromatic heterocycles. The highest BCUT2D eigenvalue weighted by Crippen LogP contribution is 2.26. The van der Waals surface area contributed by atoms with E-state index < -0.39 is 0 Å². The number of carbonyl (C=O) groups is 1. The fourth-order valence-electron chi connectivity index (χ4n) is 1.62. The Bertz CT molecular complexity index is 320. The molecule has 0 aliphatic carbocycles. The van der Waals surface area contributed by atoms with Crippen molar-refractivity contribution in [1.29, 1.82) is 0 Å². The van der Waals surface area contributed by atoms with Crippen molar-refractivity contribution in [3.8, 4) is 0 Å². The zero-order valence-corrected chi connectivity index (χ0v) is 9.30. The first-order valence-corrected chi connectivity index (χ1v) is 6.05. The van der Waals surface area contributed by atoms with Gasteiger partial charge in [-0.05, 0) is 38.1 Å². The van der Waals surface area contributed by atoms with Gasteiger partial charge in [0.2, 0.25) is 0 Å². The molecule has 0 bridgehead atoms. The standard InChI is InChI=1S/C11H14N2OS/c14-8-9-1-2-11(13-7-9)15-10-3-5-12-6-4-10/h1-2,7-8,10,12H,3-6H2. The van der Waals surface area contributed by atoms with Gasteiger partial charge in [-0.1, -0.05) is 0 Å². The summed E-state index contributed by atoms with van der Waals surface area (Å²) in [4.78, 5) is 14.7. The molecule has 1 saturated heterocycles. The van der Waals surface area contributed by atoms with Crippen molar-refractivity contribution >= 4 is 18.0 Å². The number of thioether (sulfide) groups is 1. The summed E-state index contributed by atoms with van der Waals surface area (Å²) >= 11 is 1.82. The molecular weight excluding hydrogens is 208 g/mol. The van der Waals surface area contributed by atoms with Crippen molar-refractivity contribution in [2.75, 3.05) is 13.1 Å². The number of piperidine rings is 1. The highest BCUT2D eigenvalue weighted by atomic mass is 32.2. The van der Waals surface area contributed by atoms with E-state index >= 15 is 0 Å². The van der Waals surface area contributed by atoms with E-state index in [4.69, 9.17) is 0 Å². The number of nitrogens with one attached hydrogen (secondary N) is 1. The van der Waals surface area contributed by atoms with Crippen LogP contribution in [0.4, 0.5) is 0 Å². The maximum Gasteiger partial charge on any atom is 0.151 e. The van der Waals surface area contributed by atoms with E-state index in [1.54, 1.807) is 6.20 Å². The minimum absolute atomic E-state index is 0.643. The zero-order valence-electron chi connectivity index (χ0n) is 8.48. The van der Waals surface area contributed by atoms with Gasteiger partial charge in [0.15, 0.2) is 6.29 Å². The molecule has 0 atom stereocenters. The third-order valence-corrected chi connectivity index (χ3v) is 3.76. The quantitative estimate of drug-likeness (QED) is 0.791. The highest BCUT2D eigenvalue weighted by Gasteiger charge is 2.14. The predicted octanol–water partition coefficient (Wildman–Crippen LogP) is 1.74. The number of aldehydes is 1. The molecule has 2 heterocycles. The third-order valence-electron chi connectivity index (χ3n) is 2.47. The lowest BCUT2D eigenvalue weighted by Crippen LogP contribution is -2.29. The van der Waals surface area contributed by atoms with Crippen LogP contribution in [0, 0.1) is 0 Å². The number of rotatable bonds is 3. The summed E-state index contributed by atoms with van der Waals surface area (Å²) in [5, 5.41) is 5.03. The summed E-state index contributed by atoms with van der Waals surface area (Å²) in [5.41, 5.74) is 0.643. The molecule has 0 spiro atoms. The first-order valence-electron chi connectivity index (χ1n) is 5.17. The molecule has 2 rings (SSSR count). The van der Waals surface area contributed by atoms with E-state index in [-0.39, 0.29) is 0 Å². The number of nitrogens with zero attached hydrogens (tertiary/aromatic N) is 1. The van der Waals surface area contributed by atoms with Crippen LogP contribution < -0.4 is 5.32 Å². The lowest BCUT2D eigenvalue weighted by molar-refractivity contribution is 0.112. The molecule has 0 unspecified atom stereocenters. The number of carbonyl (C=O) groups excluding carboxylic acids is 1. The van der Waals surface area contributed by atoms with Gasteiger partial charge in [-0.25, -0.2) is 4.98 Å². The molecule has 15 heavy (non-hydrogen) atoms. The van der Waals surface area contributed by atoms with Gasteiger partial charge >= 0.3 is 0 Å². The average molecular weight is 222 g/mol. The number of pyridine rings is 1. The molecule has 1 fully saturated rings. The second kappa shape index (κ2) is 5.28. The summed E-state index contributed by atoms with van der Waals surface area (Å²) in [6.45, 7) is 2.20. The summed E-state index contributed by atoms with van der Waals surface area (Å²) in [5.74, 6) is 0. The molecule has 0 saturated carbocycles. The molecule has 1 aliphatic rings. The summed E-state index contributed by atoms with van der Waals surface area (Å²) in [7, 11) is 0. The second-order valence-electron chi connectivity index (χ2n) is 3.61. The van der Waals surface area contributed by atoms with Gasteiger partial charge in [0.25, 0.3) is 0 Å². The van der Waals surface area contributed by atoms with Crippen molar-refractivity contribution in [1.82, 2.24) is 10.3 Å². The van der Waals surface area contributed by atoms with E-state index in [0.29, 0.717) is 10.8 Å². The molecule has 3 nitrogen and oxygen atoms in total. The molecule has 1 N–H and O–H groups in total. The molecule has 80 valence electrons. The van der Waals surface area contributed by atoms with Crippen molar-refractivity contribution in [2.45, 2.75) is 23.1 Å². The Hall–Kier alpha value is -0.870. The van der Waals surface area contributed by atoms with Gasteiger partial charge < -0.3 is 5.32 Å². The van der Waals surface area contributed by atoms with E-state index in [1.807, 2.05) is 23.9 Å². The Morgan fingerprint density at radius 1 is 1.40 bits per heavy atom. The predicted molar refractivity (Wildman–Crippen MR) is 61.4 cm³/mol. The van der Waals surface area contributed by atoms with Crippen molar-refractivity contribution in [3.63, 3.8) is 0 Å². The molecule has 0 aromatic carbocycles. The van der Waals surface area contributed by atoms with Gasteiger partial charge in [-0.15, -0.1) is 11.8 Å². The molecule has 1 aliphatic heterocycles. The lowest BCUT2D eigenvalue weighted by Gasteiger charge is -2.21. The van der Waals surface area contributed by atoms with E-state index in [1.165, 1.54) is 12.8 Å². The van der Waals surface area contributed by atoms with Gasteiger partial charge in [0, 0.05) is 17.0 Å². The molecular formula is C11H14N2OS. The third kappa shape index (κ3) is 3.04. The van der Waals surface area contributed by atoms with Crippen LogP contribution in [0.3, 0.4) is 0 Å². The van der Waals surface area contributed by atoms with Gasteiger partial charge in [-0.2, -0.15) is 0 Å².